The van der Waals surface area contributed by atoms with E-state index in [1.807, 2.05) is 48.7 Å². The Morgan fingerprint density at radius 2 is 2.06 bits per heavy atom. The van der Waals surface area contributed by atoms with Crippen molar-refractivity contribution in [1.82, 2.24) is 5.32 Å². The van der Waals surface area contributed by atoms with Crippen molar-refractivity contribution >= 4 is 23.6 Å². The molecule has 1 saturated heterocycles. The van der Waals surface area contributed by atoms with Crippen molar-refractivity contribution in [2.24, 2.45) is 0 Å². The molecule has 0 spiro atoms. The van der Waals surface area contributed by atoms with E-state index < -0.39 is 12.0 Å². The number of carboxylic acids is 1. The third kappa shape index (κ3) is 6.82. The van der Waals surface area contributed by atoms with Gasteiger partial charge in [-0.2, -0.15) is 11.8 Å². The predicted molar refractivity (Wildman–Crippen MR) is 122 cm³/mol. The van der Waals surface area contributed by atoms with Crippen LogP contribution in [-0.2, 0) is 20.9 Å². The zero-order valence-electron chi connectivity index (χ0n) is 17.7. The van der Waals surface area contributed by atoms with Crippen LogP contribution in [0.3, 0.4) is 0 Å². The monoisotopic (exact) mass is 443 g/mol. The molecule has 1 unspecified atom stereocenters. The molecule has 0 radical (unpaired) electrons. The number of carboxylic acid groups (broad SMARTS) is 1. The lowest BCUT2D eigenvalue weighted by Crippen LogP contribution is -2.41. The fourth-order valence-electron chi connectivity index (χ4n) is 3.55. The molecule has 0 bridgehead atoms. The van der Waals surface area contributed by atoms with Gasteiger partial charge in [-0.3, -0.25) is 4.79 Å². The Balaban J connectivity index is 1.78. The summed E-state index contributed by atoms with van der Waals surface area (Å²) in [5, 5.41) is 12.1. The van der Waals surface area contributed by atoms with Crippen LogP contribution in [0.2, 0.25) is 0 Å². The summed E-state index contributed by atoms with van der Waals surface area (Å²) in [6.07, 6.45) is 4.54. The Morgan fingerprint density at radius 3 is 2.74 bits per heavy atom. The molecule has 3 rings (SSSR count). The fourth-order valence-corrected chi connectivity index (χ4v) is 4.02. The van der Waals surface area contributed by atoms with Crippen LogP contribution in [0.4, 0.5) is 0 Å². The van der Waals surface area contributed by atoms with Crippen molar-refractivity contribution in [3.05, 3.63) is 59.7 Å². The number of hydrogen-bond acceptors (Lipinski definition) is 5. The highest BCUT2D eigenvalue weighted by Gasteiger charge is 2.22. The summed E-state index contributed by atoms with van der Waals surface area (Å²) in [4.78, 5) is 24.5. The molecular weight excluding hydrogens is 414 g/mol. The second kappa shape index (κ2) is 11.9. The van der Waals surface area contributed by atoms with Gasteiger partial charge in [0.25, 0.3) is 5.91 Å². The average Bonchev–Trinajstić information content (AvgIpc) is 3.30. The van der Waals surface area contributed by atoms with Gasteiger partial charge in [0.1, 0.15) is 6.04 Å². The number of benzene rings is 2. The molecule has 0 aromatic heterocycles. The Hall–Kier alpha value is -2.35. The number of amides is 1. The highest BCUT2D eigenvalue weighted by molar-refractivity contribution is 7.98. The largest absolute Gasteiger partial charge is 0.480 e. The second-order valence-electron chi connectivity index (χ2n) is 7.54. The summed E-state index contributed by atoms with van der Waals surface area (Å²) in [6, 6.07) is 14.2. The van der Waals surface area contributed by atoms with Crippen molar-refractivity contribution in [3.63, 3.8) is 0 Å². The number of carbonyl (C=O) groups is 2. The van der Waals surface area contributed by atoms with Crippen LogP contribution in [0.5, 0.6) is 0 Å². The van der Waals surface area contributed by atoms with Crippen molar-refractivity contribution in [2.45, 2.75) is 38.0 Å². The van der Waals surface area contributed by atoms with E-state index in [1.54, 1.807) is 17.8 Å². The van der Waals surface area contributed by atoms with Gasteiger partial charge >= 0.3 is 5.97 Å². The lowest BCUT2D eigenvalue weighted by Gasteiger charge is -2.17. The van der Waals surface area contributed by atoms with E-state index >= 15 is 0 Å². The molecule has 1 aliphatic heterocycles. The molecule has 1 heterocycles. The third-order valence-corrected chi connectivity index (χ3v) is 5.87. The van der Waals surface area contributed by atoms with Crippen LogP contribution in [0.15, 0.2) is 48.5 Å². The fraction of sp³-hybridized carbons (Fsp3) is 0.417. The van der Waals surface area contributed by atoms with Gasteiger partial charge in [0, 0.05) is 12.2 Å². The SMILES string of the molecule is CSCC[C@H](NC(=O)c1ccc(COCC2CCCO2)cc1-c1ccccc1)C(=O)O. The van der Waals surface area contributed by atoms with Crippen LogP contribution >= 0.6 is 11.8 Å². The van der Waals surface area contributed by atoms with Gasteiger partial charge in [-0.25, -0.2) is 4.79 Å². The summed E-state index contributed by atoms with van der Waals surface area (Å²) >= 11 is 1.55. The number of hydrogen-bond donors (Lipinski definition) is 2. The Bertz CT molecular complexity index is 868. The molecule has 6 nitrogen and oxygen atoms in total. The molecule has 2 aromatic rings. The van der Waals surface area contributed by atoms with Crippen molar-refractivity contribution in [3.8, 4) is 11.1 Å². The molecular formula is C24H29NO5S. The van der Waals surface area contributed by atoms with Crippen LogP contribution in [0.25, 0.3) is 11.1 Å². The van der Waals surface area contributed by atoms with E-state index in [9.17, 15) is 14.7 Å². The summed E-state index contributed by atoms with van der Waals surface area (Å²) in [6.45, 7) is 1.77. The predicted octanol–water partition coefficient (Wildman–Crippen LogP) is 3.99. The Morgan fingerprint density at radius 1 is 1.26 bits per heavy atom. The van der Waals surface area contributed by atoms with Gasteiger partial charge in [-0.1, -0.05) is 36.4 Å². The number of ether oxygens (including phenoxy) is 2. The standard InChI is InChI=1S/C24H29NO5S/c1-31-13-11-22(24(27)28)25-23(26)20-10-9-17(15-29-16-19-8-5-12-30-19)14-21(20)18-6-3-2-4-7-18/h2-4,6-7,9-10,14,19,22H,5,8,11-13,15-16H2,1H3,(H,25,26)(H,27,28)/t19?,22-/m0/s1. The molecule has 0 aliphatic carbocycles. The summed E-state index contributed by atoms with van der Waals surface area (Å²) in [5.41, 5.74) is 3.05. The molecule has 2 atom stereocenters. The molecule has 2 N–H and O–H groups in total. The second-order valence-corrected chi connectivity index (χ2v) is 8.53. The van der Waals surface area contributed by atoms with Gasteiger partial charge in [0.2, 0.25) is 0 Å². The Labute approximate surface area is 187 Å². The van der Waals surface area contributed by atoms with Gasteiger partial charge in [-0.15, -0.1) is 0 Å². The average molecular weight is 444 g/mol. The molecule has 1 fully saturated rings. The summed E-state index contributed by atoms with van der Waals surface area (Å²) in [5.74, 6) is -0.758. The highest BCUT2D eigenvalue weighted by atomic mass is 32.2. The zero-order valence-corrected chi connectivity index (χ0v) is 18.5. The van der Waals surface area contributed by atoms with E-state index in [0.717, 1.165) is 36.1 Å². The van der Waals surface area contributed by atoms with E-state index in [0.29, 0.717) is 31.0 Å². The van der Waals surface area contributed by atoms with E-state index in [1.165, 1.54) is 0 Å². The van der Waals surface area contributed by atoms with E-state index in [2.05, 4.69) is 5.32 Å². The van der Waals surface area contributed by atoms with Crippen molar-refractivity contribution in [1.29, 1.82) is 0 Å². The molecule has 0 saturated carbocycles. The minimum Gasteiger partial charge on any atom is -0.480 e. The maximum absolute atomic E-state index is 13.0. The van der Waals surface area contributed by atoms with Gasteiger partial charge < -0.3 is 19.9 Å². The molecule has 7 heteroatoms. The van der Waals surface area contributed by atoms with Gasteiger partial charge in [-0.05, 0) is 60.1 Å². The maximum atomic E-state index is 13.0. The zero-order chi connectivity index (χ0) is 22.1. The summed E-state index contributed by atoms with van der Waals surface area (Å²) in [7, 11) is 0. The number of thioether (sulfide) groups is 1. The Kier molecular flexibility index (Phi) is 8.94. The minimum absolute atomic E-state index is 0.160. The quantitative estimate of drug-likeness (QED) is 0.546. The lowest BCUT2D eigenvalue weighted by atomic mass is 9.96. The molecule has 2 aromatic carbocycles. The third-order valence-electron chi connectivity index (χ3n) is 5.22. The first-order valence-electron chi connectivity index (χ1n) is 10.5. The first-order valence-corrected chi connectivity index (χ1v) is 11.9. The number of aliphatic carboxylic acids is 1. The molecule has 166 valence electrons. The van der Waals surface area contributed by atoms with Crippen LogP contribution in [0, 0.1) is 0 Å². The van der Waals surface area contributed by atoms with Crippen LogP contribution in [-0.4, -0.2) is 54.4 Å². The van der Waals surface area contributed by atoms with Crippen molar-refractivity contribution < 1.29 is 24.2 Å². The van der Waals surface area contributed by atoms with Crippen molar-refractivity contribution in [2.75, 3.05) is 25.2 Å². The van der Waals surface area contributed by atoms with Gasteiger partial charge in [0.05, 0.1) is 19.3 Å². The van der Waals surface area contributed by atoms with Gasteiger partial charge in [0.15, 0.2) is 0 Å². The topological polar surface area (TPSA) is 84.9 Å². The molecule has 1 amide bonds. The van der Waals surface area contributed by atoms with Crippen LogP contribution < -0.4 is 5.32 Å². The number of rotatable bonds is 11. The number of carbonyl (C=O) groups excluding carboxylic acids is 1. The number of nitrogens with one attached hydrogen (secondary N) is 1. The van der Waals surface area contributed by atoms with Crippen LogP contribution in [0.1, 0.15) is 35.2 Å². The first kappa shape index (κ1) is 23.3. The molecule has 1 aliphatic rings. The summed E-state index contributed by atoms with van der Waals surface area (Å²) < 4.78 is 11.4. The van der Waals surface area contributed by atoms with E-state index in [-0.39, 0.29) is 12.0 Å². The maximum Gasteiger partial charge on any atom is 0.326 e. The molecule has 31 heavy (non-hydrogen) atoms. The normalized spacial score (nSPS) is 16.7. The minimum atomic E-state index is -1.03. The highest BCUT2D eigenvalue weighted by Crippen LogP contribution is 2.26. The lowest BCUT2D eigenvalue weighted by molar-refractivity contribution is -0.139. The van der Waals surface area contributed by atoms with E-state index in [4.69, 9.17) is 9.47 Å². The smallest absolute Gasteiger partial charge is 0.326 e. The first-order chi connectivity index (χ1) is 15.1.